The molecule has 1 aliphatic heterocycles. The topological polar surface area (TPSA) is 49.8 Å². The molecule has 4 heteroatoms. The van der Waals surface area contributed by atoms with E-state index >= 15 is 0 Å². The molecule has 1 saturated heterocycles. The van der Waals surface area contributed by atoms with Gasteiger partial charge in [0.15, 0.2) is 0 Å². The highest BCUT2D eigenvalue weighted by molar-refractivity contribution is 5.85. The molecular formula is C11H19NO3. The molecule has 0 aromatic heterocycles. The molecule has 86 valence electrons. The summed E-state index contributed by atoms with van der Waals surface area (Å²) < 4.78 is 5.27. The van der Waals surface area contributed by atoms with Crippen LogP contribution in [-0.2, 0) is 9.53 Å². The number of morpholine rings is 1. The number of ether oxygens (including phenoxy) is 1. The van der Waals surface area contributed by atoms with E-state index in [0.717, 1.165) is 32.7 Å². The molecule has 1 heterocycles. The van der Waals surface area contributed by atoms with Crippen LogP contribution in [0.25, 0.3) is 0 Å². The molecule has 15 heavy (non-hydrogen) atoms. The number of hydrogen-bond donors (Lipinski definition) is 1. The van der Waals surface area contributed by atoms with Gasteiger partial charge in [-0.15, -0.1) is 0 Å². The smallest absolute Gasteiger partial charge is 0.331 e. The number of rotatable bonds is 5. The van der Waals surface area contributed by atoms with Crippen molar-refractivity contribution in [2.45, 2.75) is 25.8 Å². The average molecular weight is 213 g/mol. The monoisotopic (exact) mass is 213 g/mol. The fourth-order valence-electron chi connectivity index (χ4n) is 1.85. The molecule has 0 aliphatic carbocycles. The Labute approximate surface area is 90.5 Å². The van der Waals surface area contributed by atoms with E-state index in [4.69, 9.17) is 9.84 Å². The van der Waals surface area contributed by atoms with Crippen LogP contribution in [0.4, 0.5) is 0 Å². The van der Waals surface area contributed by atoms with E-state index in [1.807, 2.05) is 0 Å². The second-order valence-corrected chi connectivity index (χ2v) is 3.82. The van der Waals surface area contributed by atoms with Crippen LogP contribution in [0.2, 0.25) is 0 Å². The first kappa shape index (κ1) is 12.2. The van der Waals surface area contributed by atoms with Crippen LogP contribution in [0.1, 0.15) is 19.8 Å². The van der Waals surface area contributed by atoms with Crippen LogP contribution >= 0.6 is 0 Å². The van der Waals surface area contributed by atoms with E-state index in [1.165, 1.54) is 0 Å². The zero-order valence-corrected chi connectivity index (χ0v) is 9.24. The lowest BCUT2D eigenvalue weighted by atomic mass is 10.0. The van der Waals surface area contributed by atoms with Gasteiger partial charge < -0.3 is 9.84 Å². The summed E-state index contributed by atoms with van der Waals surface area (Å²) in [4.78, 5) is 13.0. The van der Waals surface area contributed by atoms with Crippen molar-refractivity contribution in [1.82, 2.24) is 4.90 Å². The van der Waals surface area contributed by atoms with E-state index in [2.05, 4.69) is 18.4 Å². The largest absolute Gasteiger partial charge is 0.478 e. The molecular weight excluding hydrogens is 194 g/mol. The lowest BCUT2D eigenvalue weighted by Gasteiger charge is -2.34. The van der Waals surface area contributed by atoms with Crippen molar-refractivity contribution < 1.29 is 14.6 Å². The molecule has 1 N–H and O–H groups in total. The fraction of sp³-hybridized carbons (Fsp3) is 0.727. The molecule has 0 aromatic rings. The molecule has 0 radical (unpaired) electrons. The highest BCUT2D eigenvalue weighted by Gasteiger charge is 2.21. The highest BCUT2D eigenvalue weighted by Crippen LogP contribution is 2.15. The second kappa shape index (κ2) is 5.88. The van der Waals surface area contributed by atoms with Gasteiger partial charge in [-0.25, -0.2) is 4.79 Å². The van der Waals surface area contributed by atoms with E-state index in [9.17, 15) is 4.79 Å². The first-order chi connectivity index (χ1) is 7.15. The molecule has 0 amide bonds. The van der Waals surface area contributed by atoms with Crippen LogP contribution in [0, 0.1) is 0 Å². The summed E-state index contributed by atoms with van der Waals surface area (Å²) in [6.45, 7) is 8.94. The van der Waals surface area contributed by atoms with E-state index in [-0.39, 0.29) is 6.04 Å². The Balaban J connectivity index is 2.46. The van der Waals surface area contributed by atoms with Crippen LogP contribution in [-0.4, -0.2) is 48.3 Å². The third-order valence-corrected chi connectivity index (χ3v) is 2.82. The van der Waals surface area contributed by atoms with Crippen LogP contribution < -0.4 is 0 Å². The molecule has 0 spiro atoms. The fourth-order valence-corrected chi connectivity index (χ4v) is 1.85. The van der Waals surface area contributed by atoms with Crippen molar-refractivity contribution in [3.8, 4) is 0 Å². The summed E-state index contributed by atoms with van der Waals surface area (Å²) in [5, 5.41) is 8.78. The summed E-state index contributed by atoms with van der Waals surface area (Å²) in [5.41, 5.74) is 0.299. The van der Waals surface area contributed by atoms with Crippen LogP contribution in [0.5, 0.6) is 0 Å². The molecule has 1 fully saturated rings. The first-order valence-corrected chi connectivity index (χ1v) is 5.38. The summed E-state index contributed by atoms with van der Waals surface area (Å²) in [7, 11) is 0. The van der Waals surface area contributed by atoms with Crippen LogP contribution in [0.15, 0.2) is 12.2 Å². The number of carboxylic acids is 1. The van der Waals surface area contributed by atoms with Gasteiger partial charge in [-0.2, -0.15) is 0 Å². The number of nitrogens with zero attached hydrogens (tertiary/aromatic N) is 1. The summed E-state index contributed by atoms with van der Waals surface area (Å²) in [6, 6.07) is 0.289. The minimum atomic E-state index is -0.887. The molecule has 0 aromatic carbocycles. The van der Waals surface area contributed by atoms with Crippen molar-refractivity contribution in [3.05, 3.63) is 12.2 Å². The maximum absolute atomic E-state index is 10.7. The molecule has 1 unspecified atom stereocenters. The Hall–Kier alpha value is -0.870. The van der Waals surface area contributed by atoms with Crippen molar-refractivity contribution in [3.63, 3.8) is 0 Å². The van der Waals surface area contributed by atoms with Gasteiger partial charge in [0.1, 0.15) is 0 Å². The van der Waals surface area contributed by atoms with Gasteiger partial charge in [0.05, 0.1) is 13.2 Å². The SMILES string of the molecule is C=C(CC(CC)N1CCOCC1)C(=O)O. The molecule has 1 atom stereocenters. The van der Waals surface area contributed by atoms with Gasteiger partial charge in [-0.3, -0.25) is 4.90 Å². The Bertz CT molecular complexity index is 234. The Morgan fingerprint density at radius 2 is 2.13 bits per heavy atom. The lowest BCUT2D eigenvalue weighted by molar-refractivity contribution is -0.133. The lowest BCUT2D eigenvalue weighted by Crippen LogP contribution is -2.43. The summed E-state index contributed by atoms with van der Waals surface area (Å²) in [6.07, 6.45) is 1.50. The maximum atomic E-state index is 10.7. The number of hydrogen-bond acceptors (Lipinski definition) is 3. The van der Waals surface area contributed by atoms with Gasteiger partial charge in [0.2, 0.25) is 0 Å². The molecule has 1 rings (SSSR count). The third-order valence-electron chi connectivity index (χ3n) is 2.82. The van der Waals surface area contributed by atoms with Crippen LogP contribution in [0.3, 0.4) is 0 Å². The zero-order valence-electron chi connectivity index (χ0n) is 9.24. The highest BCUT2D eigenvalue weighted by atomic mass is 16.5. The summed E-state index contributed by atoms with van der Waals surface area (Å²) >= 11 is 0. The van der Waals surface area contributed by atoms with Crippen molar-refractivity contribution in [1.29, 1.82) is 0 Å². The number of carbonyl (C=O) groups is 1. The molecule has 0 saturated carbocycles. The average Bonchev–Trinajstić information content (AvgIpc) is 2.26. The molecule has 1 aliphatic rings. The standard InChI is InChI=1S/C11H19NO3/c1-3-10(8-9(2)11(13)14)12-4-6-15-7-5-12/h10H,2-8H2,1H3,(H,13,14). The van der Waals surface area contributed by atoms with Gasteiger partial charge in [0.25, 0.3) is 0 Å². The number of carboxylic acid groups (broad SMARTS) is 1. The second-order valence-electron chi connectivity index (χ2n) is 3.82. The zero-order chi connectivity index (χ0) is 11.3. The van der Waals surface area contributed by atoms with E-state index < -0.39 is 5.97 Å². The maximum Gasteiger partial charge on any atom is 0.331 e. The Kier molecular flexibility index (Phi) is 4.78. The molecule has 4 nitrogen and oxygen atoms in total. The third kappa shape index (κ3) is 3.64. The molecule has 0 bridgehead atoms. The van der Waals surface area contributed by atoms with Gasteiger partial charge in [0, 0.05) is 24.7 Å². The van der Waals surface area contributed by atoms with Crippen molar-refractivity contribution in [2.75, 3.05) is 26.3 Å². The van der Waals surface area contributed by atoms with Gasteiger partial charge in [-0.1, -0.05) is 13.5 Å². The van der Waals surface area contributed by atoms with Crippen molar-refractivity contribution >= 4 is 5.97 Å². The Morgan fingerprint density at radius 3 is 2.60 bits per heavy atom. The summed E-state index contributed by atoms with van der Waals surface area (Å²) in [5.74, 6) is -0.887. The quantitative estimate of drug-likeness (QED) is 0.695. The van der Waals surface area contributed by atoms with Gasteiger partial charge >= 0.3 is 5.97 Å². The Morgan fingerprint density at radius 1 is 1.53 bits per heavy atom. The normalized spacial score (nSPS) is 19.8. The minimum Gasteiger partial charge on any atom is -0.478 e. The number of aliphatic carboxylic acids is 1. The van der Waals surface area contributed by atoms with E-state index in [0.29, 0.717) is 12.0 Å². The predicted octanol–water partition coefficient (Wildman–Crippen LogP) is 1.13. The predicted molar refractivity (Wildman–Crippen MR) is 57.9 cm³/mol. The van der Waals surface area contributed by atoms with E-state index in [1.54, 1.807) is 0 Å². The minimum absolute atomic E-state index is 0.289. The first-order valence-electron chi connectivity index (χ1n) is 5.38. The van der Waals surface area contributed by atoms with Crippen molar-refractivity contribution in [2.24, 2.45) is 0 Å². The van der Waals surface area contributed by atoms with Gasteiger partial charge in [-0.05, 0) is 12.8 Å².